The third-order valence-electron chi connectivity index (χ3n) is 2.90. The van der Waals surface area contributed by atoms with Gasteiger partial charge in [0.25, 0.3) is 0 Å². The van der Waals surface area contributed by atoms with Crippen molar-refractivity contribution in [3.8, 4) is 0 Å². The van der Waals surface area contributed by atoms with Gasteiger partial charge in [-0.25, -0.2) is 13.1 Å². The number of hydrogen-bond acceptors (Lipinski definition) is 5. The molecular formula is C11H18N2O4S. The highest BCUT2D eigenvalue weighted by molar-refractivity contribution is 7.88. The number of furan rings is 1. The monoisotopic (exact) mass is 274 g/mol. The first kappa shape index (κ1) is 13.5. The molecule has 1 aliphatic rings. The molecule has 0 aromatic carbocycles. The number of morpholine rings is 1. The Morgan fingerprint density at radius 1 is 1.44 bits per heavy atom. The lowest BCUT2D eigenvalue weighted by molar-refractivity contribution is 0.0128. The quantitative estimate of drug-likeness (QED) is 0.830. The average molecular weight is 274 g/mol. The minimum atomic E-state index is -3.20. The lowest BCUT2D eigenvalue weighted by Gasteiger charge is -2.33. The maximum absolute atomic E-state index is 11.2. The lowest BCUT2D eigenvalue weighted by atomic mass is 10.2. The van der Waals surface area contributed by atoms with E-state index in [1.807, 2.05) is 12.1 Å². The van der Waals surface area contributed by atoms with Gasteiger partial charge in [0.15, 0.2) is 0 Å². The second kappa shape index (κ2) is 5.83. The predicted molar refractivity (Wildman–Crippen MR) is 66.7 cm³/mol. The van der Waals surface area contributed by atoms with Crippen molar-refractivity contribution in [1.29, 1.82) is 0 Å². The molecule has 7 heteroatoms. The first-order chi connectivity index (χ1) is 8.56. The van der Waals surface area contributed by atoms with Crippen molar-refractivity contribution >= 4 is 10.0 Å². The molecule has 1 aromatic heterocycles. The van der Waals surface area contributed by atoms with Gasteiger partial charge >= 0.3 is 0 Å². The molecule has 0 aliphatic carbocycles. The van der Waals surface area contributed by atoms with Gasteiger partial charge in [-0.1, -0.05) is 0 Å². The fraction of sp³-hybridized carbons (Fsp3) is 0.636. The number of ether oxygens (including phenoxy) is 1. The maximum Gasteiger partial charge on any atom is 0.208 e. The molecule has 1 N–H and O–H groups in total. The molecule has 0 radical (unpaired) electrons. The van der Waals surface area contributed by atoms with E-state index in [2.05, 4.69) is 9.62 Å². The van der Waals surface area contributed by atoms with Crippen molar-refractivity contribution in [1.82, 2.24) is 9.62 Å². The number of sulfonamides is 1. The van der Waals surface area contributed by atoms with E-state index in [1.54, 1.807) is 6.26 Å². The molecule has 1 aliphatic heterocycles. The molecule has 0 amide bonds. The number of nitrogens with zero attached hydrogens (tertiary/aromatic N) is 1. The molecule has 1 fully saturated rings. The van der Waals surface area contributed by atoms with E-state index in [0.717, 1.165) is 25.1 Å². The maximum atomic E-state index is 11.2. The van der Waals surface area contributed by atoms with Crippen molar-refractivity contribution in [2.75, 3.05) is 39.1 Å². The molecular weight excluding hydrogens is 256 g/mol. The molecule has 1 atom stereocenters. The normalized spacial score (nSPS) is 19.8. The van der Waals surface area contributed by atoms with E-state index in [-0.39, 0.29) is 6.04 Å². The summed E-state index contributed by atoms with van der Waals surface area (Å²) < 4.78 is 35.6. The molecule has 0 spiro atoms. The van der Waals surface area contributed by atoms with Crippen molar-refractivity contribution < 1.29 is 17.6 Å². The van der Waals surface area contributed by atoms with E-state index in [0.29, 0.717) is 19.8 Å². The summed E-state index contributed by atoms with van der Waals surface area (Å²) in [6.07, 6.45) is 2.76. The van der Waals surface area contributed by atoms with Gasteiger partial charge in [-0.05, 0) is 12.1 Å². The largest absolute Gasteiger partial charge is 0.468 e. The topological polar surface area (TPSA) is 71.8 Å². The molecule has 18 heavy (non-hydrogen) atoms. The summed E-state index contributed by atoms with van der Waals surface area (Å²) in [6, 6.07) is 3.59. The minimum absolute atomic E-state index is 0.0846. The Hall–Kier alpha value is -0.890. The lowest BCUT2D eigenvalue weighted by Crippen LogP contribution is -2.43. The van der Waals surface area contributed by atoms with Crippen molar-refractivity contribution in [3.63, 3.8) is 0 Å². The van der Waals surface area contributed by atoms with Crippen LogP contribution in [-0.2, 0) is 14.8 Å². The van der Waals surface area contributed by atoms with Gasteiger partial charge in [-0.3, -0.25) is 4.90 Å². The van der Waals surface area contributed by atoms with E-state index >= 15 is 0 Å². The van der Waals surface area contributed by atoms with Crippen LogP contribution >= 0.6 is 0 Å². The molecule has 102 valence electrons. The molecule has 1 saturated heterocycles. The zero-order chi connectivity index (χ0) is 13.0. The van der Waals surface area contributed by atoms with Gasteiger partial charge < -0.3 is 9.15 Å². The Balaban J connectivity index is 2.07. The first-order valence-corrected chi connectivity index (χ1v) is 7.75. The van der Waals surface area contributed by atoms with Gasteiger partial charge in [0.05, 0.1) is 31.8 Å². The van der Waals surface area contributed by atoms with E-state index in [9.17, 15) is 8.42 Å². The fourth-order valence-corrected chi connectivity index (χ4v) is 2.47. The Labute approximate surface area is 107 Å². The number of rotatable bonds is 5. The predicted octanol–water partition coefficient (Wildman–Crippen LogP) is 0.202. The Morgan fingerprint density at radius 3 is 2.72 bits per heavy atom. The van der Waals surface area contributed by atoms with Crippen molar-refractivity contribution in [2.45, 2.75) is 6.04 Å². The summed E-state index contributed by atoms with van der Waals surface area (Å²) >= 11 is 0. The molecule has 0 saturated carbocycles. The third kappa shape index (κ3) is 3.81. The van der Waals surface area contributed by atoms with Crippen molar-refractivity contribution in [2.24, 2.45) is 0 Å². The SMILES string of the molecule is CS(=O)(=O)NCC(c1ccco1)N1CCOCC1. The second-order valence-corrected chi connectivity index (χ2v) is 6.13. The van der Waals surface area contributed by atoms with Crippen LogP contribution in [-0.4, -0.2) is 52.4 Å². The molecule has 6 nitrogen and oxygen atoms in total. The highest BCUT2D eigenvalue weighted by atomic mass is 32.2. The molecule has 1 unspecified atom stereocenters. The number of hydrogen-bond donors (Lipinski definition) is 1. The van der Waals surface area contributed by atoms with Gasteiger partial charge in [-0.15, -0.1) is 0 Å². The summed E-state index contributed by atoms with van der Waals surface area (Å²) in [5, 5.41) is 0. The van der Waals surface area contributed by atoms with Crippen LogP contribution < -0.4 is 4.72 Å². The number of nitrogens with one attached hydrogen (secondary N) is 1. The summed E-state index contributed by atoms with van der Waals surface area (Å²) in [4.78, 5) is 2.17. The van der Waals surface area contributed by atoms with E-state index < -0.39 is 10.0 Å². The summed E-state index contributed by atoms with van der Waals surface area (Å²) in [5.74, 6) is 0.771. The molecule has 0 bridgehead atoms. The summed E-state index contributed by atoms with van der Waals surface area (Å²) in [5.41, 5.74) is 0. The Morgan fingerprint density at radius 2 is 2.17 bits per heavy atom. The average Bonchev–Trinajstić information content (AvgIpc) is 2.83. The zero-order valence-electron chi connectivity index (χ0n) is 10.3. The Kier molecular flexibility index (Phi) is 4.39. The van der Waals surface area contributed by atoms with Gasteiger partial charge in [0.1, 0.15) is 5.76 Å². The first-order valence-electron chi connectivity index (χ1n) is 5.86. The van der Waals surface area contributed by atoms with Crippen LogP contribution in [0, 0.1) is 0 Å². The van der Waals surface area contributed by atoms with Crippen LogP contribution in [0.3, 0.4) is 0 Å². The standard InChI is InChI=1S/C11H18N2O4S/c1-18(14,15)12-9-10(11-3-2-6-17-11)13-4-7-16-8-5-13/h2-3,6,10,12H,4-5,7-9H2,1H3. The minimum Gasteiger partial charge on any atom is -0.468 e. The smallest absolute Gasteiger partial charge is 0.208 e. The van der Waals surface area contributed by atoms with Crippen LogP contribution in [0.25, 0.3) is 0 Å². The summed E-state index contributed by atoms with van der Waals surface area (Å²) in [6.45, 7) is 3.19. The molecule has 2 heterocycles. The van der Waals surface area contributed by atoms with Crippen LogP contribution in [0.1, 0.15) is 11.8 Å². The fourth-order valence-electron chi connectivity index (χ4n) is 2.01. The van der Waals surface area contributed by atoms with Gasteiger partial charge in [0.2, 0.25) is 10.0 Å². The van der Waals surface area contributed by atoms with Gasteiger partial charge in [0, 0.05) is 19.6 Å². The third-order valence-corrected chi connectivity index (χ3v) is 3.59. The van der Waals surface area contributed by atoms with Crippen LogP contribution in [0.15, 0.2) is 22.8 Å². The van der Waals surface area contributed by atoms with Gasteiger partial charge in [-0.2, -0.15) is 0 Å². The van der Waals surface area contributed by atoms with Crippen molar-refractivity contribution in [3.05, 3.63) is 24.2 Å². The van der Waals surface area contributed by atoms with Crippen LogP contribution in [0.2, 0.25) is 0 Å². The second-order valence-electron chi connectivity index (χ2n) is 4.30. The highest BCUT2D eigenvalue weighted by Crippen LogP contribution is 2.21. The van der Waals surface area contributed by atoms with Crippen LogP contribution in [0.5, 0.6) is 0 Å². The molecule has 2 rings (SSSR count). The highest BCUT2D eigenvalue weighted by Gasteiger charge is 2.25. The Bertz CT molecular complexity index is 451. The molecule has 1 aromatic rings. The van der Waals surface area contributed by atoms with E-state index in [1.165, 1.54) is 0 Å². The zero-order valence-corrected chi connectivity index (χ0v) is 11.1. The van der Waals surface area contributed by atoms with E-state index in [4.69, 9.17) is 9.15 Å². The van der Waals surface area contributed by atoms with Crippen LogP contribution in [0.4, 0.5) is 0 Å². The summed E-state index contributed by atoms with van der Waals surface area (Å²) in [7, 11) is -3.20.